The number of benzene rings is 5. The van der Waals surface area contributed by atoms with Crippen molar-refractivity contribution < 1.29 is 83.1 Å². The van der Waals surface area contributed by atoms with Gasteiger partial charge in [-0.1, -0.05) is 33.5 Å². The molecule has 7 N–H and O–H groups in total. The highest BCUT2D eigenvalue weighted by Crippen LogP contribution is 2.49. The lowest BCUT2D eigenvalue weighted by Crippen LogP contribution is -2.08. The summed E-state index contributed by atoms with van der Waals surface area (Å²) in [4.78, 5) is 9.01. The molecule has 0 aliphatic carbocycles. The first-order valence-electron chi connectivity index (χ1n) is 20.4. The predicted octanol–water partition coefficient (Wildman–Crippen LogP) is 10.3. The van der Waals surface area contributed by atoms with Crippen LogP contribution in [0.25, 0.3) is 37.7 Å². The van der Waals surface area contributed by atoms with Gasteiger partial charge in [0.15, 0.2) is 17.1 Å². The lowest BCUT2D eigenvalue weighted by atomic mass is 10.1. The first-order chi connectivity index (χ1) is 35.8. The smallest absolute Gasteiger partial charge is 0.297 e. The van der Waals surface area contributed by atoms with Gasteiger partial charge >= 0.3 is 0 Å². The number of nitrogens with zero attached hydrogens (tertiary/aromatic N) is 11. The molecule has 35 heteroatoms. The summed E-state index contributed by atoms with van der Waals surface area (Å²) in [7, 11) is -9.03. The van der Waals surface area contributed by atoms with Gasteiger partial charge in [0.2, 0.25) is 11.0 Å². The van der Waals surface area contributed by atoms with E-state index in [1.165, 1.54) is 49.6 Å². The average molecular weight is 1160 g/mol. The molecule has 8 aromatic rings. The SMILES string of the molecule is COc1cc(N=Nc2c(SOOO)cc3c(S(=O)(=O)O)c(N=Nc4c(C)c(C#N)c5nc6ccccc6n5c4O)ccc3c2O)c(N(C)C)cc1N=Nc1nc2cc(SOOO)c(C)c(S(=O)(=O)O)c2s1.CS(=O)(=O)O. The first-order valence-corrected chi connectivity index (χ1v) is 27.4. The molecule has 8 rings (SSSR count). The van der Waals surface area contributed by atoms with E-state index in [1.54, 1.807) is 43.3 Å². The van der Waals surface area contributed by atoms with Crippen molar-refractivity contribution in [3.05, 3.63) is 77.4 Å². The molecule has 0 fully saturated rings. The molecule has 0 bridgehead atoms. The van der Waals surface area contributed by atoms with Crippen LogP contribution in [0.5, 0.6) is 17.4 Å². The Morgan fingerprint density at radius 2 is 1.34 bits per heavy atom. The van der Waals surface area contributed by atoms with Crippen LogP contribution in [-0.2, 0) is 49.1 Å². The Morgan fingerprint density at radius 3 is 1.96 bits per heavy atom. The first kappa shape index (κ1) is 56.6. The van der Waals surface area contributed by atoms with Gasteiger partial charge in [0, 0.05) is 41.4 Å². The number of imidazole rings is 1. The summed E-state index contributed by atoms with van der Waals surface area (Å²) in [5, 5.41) is 82.9. The number of aromatic nitrogens is 3. The molecular weight excluding hydrogens is 1130 g/mol. The van der Waals surface area contributed by atoms with Crippen molar-refractivity contribution in [3.63, 3.8) is 0 Å². The van der Waals surface area contributed by atoms with Crippen molar-refractivity contribution in [2.75, 3.05) is 32.4 Å². The van der Waals surface area contributed by atoms with Gasteiger partial charge in [-0.25, -0.2) is 20.5 Å². The molecule has 0 aliphatic rings. The highest BCUT2D eigenvalue weighted by Gasteiger charge is 2.28. The Kier molecular flexibility index (Phi) is 16.8. The Labute approximate surface area is 440 Å². The fraction of sp³-hybridized carbons (Fsp3) is 0.146. The van der Waals surface area contributed by atoms with Crippen molar-refractivity contribution >= 4 is 143 Å². The van der Waals surface area contributed by atoms with Crippen LogP contribution in [0.1, 0.15) is 16.7 Å². The van der Waals surface area contributed by atoms with Gasteiger partial charge in [0.05, 0.1) is 69.3 Å². The van der Waals surface area contributed by atoms with Crippen LogP contribution in [0.3, 0.4) is 0 Å². The topological polar surface area (TPSA) is 422 Å². The molecule has 0 amide bonds. The maximum atomic E-state index is 13.1. The number of aromatic hydroxyl groups is 2. The number of hydrogen-bond donors (Lipinski definition) is 7. The van der Waals surface area contributed by atoms with Crippen molar-refractivity contribution in [1.82, 2.24) is 14.4 Å². The molecule has 0 saturated heterocycles. The minimum atomic E-state index is -5.22. The zero-order valence-corrected chi connectivity index (χ0v) is 44.2. The third-order valence-electron chi connectivity index (χ3n) is 10.4. The average Bonchev–Trinajstić information content (AvgIpc) is 4.02. The maximum Gasteiger partial charge on any atom is 0.297 e. The number of azo groups is 3. The third kappa shape index (κ3) is 11.9. The molecule has 398 valence electrons. The minimum Gasteiger partial charge on any atom is -0.505 e. The zero-order valence-electron chi connectivity index (χ0n) is 39.3. The Hall–Kier alpha value is -7.12. The van der Waals surface area contributed by atoms with Crippen LogP contribution in [0.4, 0.5) is 39.3 Å². The molecular formula is C41H35N11O18S6. The molecule has 29 nitrogen and oxygen atoms in total. The number of hydrogen-bond acceptors (Lipinski definition) is 28. The predicted molar refractivity (Wildman–Crippen MR) is 272 cm³/mol. The van der Waals surface area contributed by atoms with Gasteiger partial charge in [0.1, 0.15) is 49.9 Å². The summed E-state index contributed by atoms with van der Waals surface area (Å²) in [6, 6.07) is 16.6. The number of ether oxygens (including phenoxy) is 1. The van der Waals surface area contributed by atoms with E-state index in [1.807, 2.05) is 0 Å². The summed E-state index contributed by atoms with van der Waals surface area (Å²) in [5.74, 6) is -1.08. The quantitative estimate of drug-likeness (QED) is 0.0155. The number of fused-ring (bicyclic) bond motifs is 5. The Morgan fingerprint density at radius 1 is 0.724 bits per heavy atom. The van der Waals surface area contributed by atoms with E-state index < -0.39 is 57.5 Å². The normalized spacial score (nSPS) is 12.4. The monoisotopic (exact) mass is 1160 g/mol. The number of phenolic OH excluding ortho intramolecular Hbond substituents is 1. The molecule has 0 saturated carbocycles. The molecule has 5 aromatic carbocycles. The zero-order chi connectivity index (χ0) is 55.6. The molecule has 0 radical (unpaired) electrons. The second kappa shape index (κ2) is 22.6. The molecule has 0 unspecified atom stereocenters. The highest BCUT2D eigenvalue weighted by molar-refractivity contribution is 7.95. The largest absolute Gasteiger partial charge is 0.505 e. The van der Waals surface area contributed by atoms with Crippen LogP contribution >= 0.6 is 35.4 Å². The van der Waals surface area contributed by atoms with Crippen molar-refractivity contribution in [3.8, 4) is 23.4 Å². The van der Waals surface area contributed by atoms with E-state index in [2.05, 4.69) is 65.5 Å². The second-order valence-corrected chi connectivity index (χ2v) is 22.1. The van der Waals surface area contributed by atoms with E-state index in [0.717, 1.165) is 23.5 Å². The summed E-state index contributed by atoms with van der Waals surface area (Å²) in [6.07, 6.45) is 0.715. The lowest BCUT2D eigenvalue weighted by Gasteiger charge is -2.17. The Balaban J connectivity index is 0.00000160. The number of rotatable bonds is 16. The number of anilines is 1. The van der Waals surface area contributed by atoms with Crippen molar-refractivity contribution in [2.45, 2.75) is 33.4 Å². The van der Waals surface area contributed by atoms with E-state index >= 15 is 0 Å². The summed E-state index contributed by atoms with van der Waals surface area (Å²) >= 11 is 1.53. The minimum absolute atomic E-state index is 0.0360. The van der Waals surface area contributed by atoms with Gasteiger partial charge < -0.3 is 19.8 Å². The van der Waals surface area contributed by atoms with E-state index in [4.69, 9.17) is 19.8 Å². The number of phenols is 1. The van der Waals surface area contributed by atoms with Crippen LogP contribution in [0, 0.1) is 25.2 Å². The van der Waals surface area contributed by atoms with Crippen LogP contribution < -0.4 is 9.64 Å². The van der Waals surface area contributed by atoms with Gasteiger partial charge in [-0.3, -0.25) is 18.1 Å². The highest BCUT2D eigenvalue weighted by atomic mass is 32.2. The fourth-order valence-electron chi connectivity index (χ4n) is 7.28. The van der Waals surface area contributed by atoms with Gasteiger partial charge in [-0.2, -0.15) is 30.5 Å². The van der Waals surface area contributed by atoms with Crippen molar-refractivity contribution in [1.29, 1.82) is 5.26 Å². The summed E-state index contributed by atoms with van der Waals surface area (Å²) in [6.45, 7) is 2.89. The number of methoxy groups -OCH3 is 1. The molecule has 3 aromatic heterocycles. The molecule has 0 aliphatic heterocycles. The van der Waals surface area contributed by atoms with Gasteiger partial charge in [-0.05, 0) is 61.9 Å². The molecule has 76 heavy (non-hydrogen) atoms. The van der Waals surface area contributed by atoms with Crippen LogP contribution in [-0.4, -0.2) is 101 Å². The standard InChI is InChI=1S/C40H31N11O15S5.CH4O3S/c1-17-21(16-41)38-42-22-8-6-7-9-27(22)51(38)39(53)32(17)47-44-23-11-10-19-20(37(23)71(59,60)61)12-31(69-66-64-55)33(34(19)52)48-45-24-14-29(62-5)25(13-28(24)50(3)4)46-49-40-43-26-15-30(68-65-63-54)18(2)36(35(26)67-40)70(56,57)58;1-5(2,3)4/h6-15,52-55H,1-5H3,(H,56,57,58)(H,59,60,61);1H3,(H,2,3,4). The Bertz CT molecular complexity index is 4120. The van der Waals surface area contributed by atoms with Crippen LogP contribution in [0.2, 0.25) is 0 Å². The number of para-hydroxylation sites is 2. The molecule has 0 spiro atoms. The fourth-order valence-corrected chi connectivity index (χ4v) is 11.3. The van der Waals surface area contributed by atoms with Crippen LogP contribution in [0.15, 0.2) is 111 Å². The summed E-state index contributed by atoms with van der Waals surface area (Å²) < 4.78 is 114. The molecule has 3 heterocycles. The summed E-state index contributed by atoms with van der Waals surface area (Å²) in [5.41, 5.74) is 0.980. The number of thiazole rings is 1. The number of nitriles is 1. The van der Waals surface area contributed by atoms with E-state index in [0.29, 0.717) is 35.0 Å². The number of pyridine rings is 1. The van der Waals surface area contributed by atoms with Gasteiger partial charge in [0.25, 0.3) is 30.4 Å². The second-order valence-electron chi connectivity index (χ2n) is 15.4. The molecule has 0 atom stereocenters. The van der Waals surface area contributed by atoms with E-state index in [-0.39, 0.29) is 98.8 Å². The lowest BCUT2D eigenvalue weighted by molar-refractivity contribution is -0.432. The third-order valence-corrected chi connectivity index (χ3v) is 14.8. The van der Waals surface area contributed by atoms with Crippen molar-refractivity contribution in [2.24, 2.45) is 30.7 Å². The van der Waals surface area contributed by atoms with E-state index in [9.17, 15) is 49.8 Å². The van der Waals surface area contributed by atoms with Gasteiger partial charge in [-0.15, -0.1) is 39.4 Å². The maximum absolute atomic E-state index is 13.1.